The normalized spacial score (nSPS) is 11.2. The number of aromatic nitrogens is 3. The second-order valence-corrected chi connectivity index (χ2v) is 6.75. The van der Waals surface area contributed by atoms with Gasteiger partial charge >= 0.3 is 0 Å². The summed E-state index contributed by atoms with van der Waals surface area (Å²) < 4.78 is 43.0. The summed E-state index contributed by atoms with van der Waals surface area (Å²) in [6, 6.07) is 7.92. The molecule has 0 bridgehead atoms. The van der Waals surface area contributed by atoms with Crippen molar-refractivity contribution in [2.24, 2.45) is 0 Å². The van der Waals surface area contributed by atoms with E-state index in [0.717, 1.165) is 23.4 Å². The van der Waals surface area contributed by atoms with Crippen LogP contribution in [0, 0.1) is 31.3 Å². The first-order valence-corrected chi connectivity index (χ1v) is 8.74. The Labute approximate surface area is 163 Å². The van der Waals surface area contributed by atoms with Gasteiger partial charge in [-0.3, -0.25) is 4.57 Å². The van der Waals surface area contributed by atoms with Crippen LogP contribution in [0.4, 0.5) is 24.7 Å². The predicted molar refractivity (Wildman–Crippen MR) is 103 cm³/mol. The van der Waals surface area contributed by atoms with Crippen LogP contribution in [0.1, 0.15) is 11.3 Å². The molecule has 0 aliphatic carbocycles. The third-order valence-electron chi connectivity index (χ3n) is 4.64. The molecule has 0 aliphatic heterocycles. The Morgan fingerprint density at radius 1 is 0.929 bits per heavy atom. The van der Waals surface area contributed by atoms with E-state index in [0.29, 0.717) is 22.5 Å². The van der Waals surface area contributed by atoms with Crippen molar-refractivity contribution in [2.75, 3.05) is 5.32 Å². The molecule has 4 nitrogen and oxygen atoms in total. The Bertz CT molecular complexity index is 1220. The number of nitrogens with one attached hydrogen (secondary N) is 1. The first-order valence-electron chi connectivity index (χ1n) is 8.37. The molecule has 0 radical (unpaired) electrons. The van der Waals surface area contributed by atoms with E-state index >= 15 is 0 Å². The zero-order valence-corrected chi connectivity index (χ0v) is 15.7. The van der Waals surface area contributed by atoms with Crippen LogP contribution in [0.2, 0.25) is 5.02 Å². The van der Waals surface area contributed by atoms with Crippen LogP contribution in [0.25, 0.3) is 16.7 Å². The third kappa shape index (κ3) is 2.97. The van der Waals surface area contributed by atoms with E-state index in [1.165, 1.54) is 24.5 Å². The predicted octanol–water partition coefficient (Wildman–Crippen LogP) is 5.85. The Morgan fingerprint density at radius 3 is 2.43 bits per heavy atom. The molecular formula is C20H14ClF3N4. The molecule has 0 fully saturated rings. The number of rotatable bonds is 3. The van der Waals surface area contributed by atoms with E-state index in [1.54, 1.807) is 10.6 Å². The van der Waals surface area contributed by atoms with Crippen molar-refractivity contribution in [3.05, 3.63) is 76.5 Å². The highest BCUT2D eigenvalue weighted by Crippen LogP contribution is 2.33. The quantitative estimate of drug-likeness (QED) is 0.467. The lowest BCUT2D eigenvalue weighted by molar-refractivity contribution is 0.508. The maximum atomic E-state index is 14.2. The van der Waals surface area contributed by atoms with Crippen molar-refractivity contribution < 1.29 is 13.2 Å². The third-order valence-corrected chi connectivity index (χ3v) is 4.87. The standard InChI is InChI=1S/C20H14ClF3N4/c1-10-11(2)28(13-4-5-14(22)15(23)8-13)20-18(10)19(25-9-26-20)27-17-6-3-12(21)7-16(17)24/h3-9H,1-2H3,(H,25,26,27). The van der Waals surface area contributed by atoms with Gasteiger partial charge in [0, 0.05) is 16.8 Å². The number of fused-ring (bicyclic) bond motifs is 1. The lowest BCUT2D eigenvalue weighted by Crippen LogP contribution is -2.01. The Balaban J connectivity index is 1.90. The monoisotopic (exact) mass is 402 g/mol. The van der Waals surface area contributed by atoms with Crippen LogP contribution in [0.15, 0.2) is 42.7 Å². The van der Waals surface area contributed by atoms with Crippen LogP contribution in [-0.2, 0) is 0 Å². The highest BCUT2D eigenvalue weighted by molar-refractivity contribution is 6.30. The van der Waals surface area contributed by atoms with Crippen LogP contribution in [0.3, 0.4) is 0 Å². The van der Waals surface area contributed by atoms with Gasteiger partial charge in [0.2, 0.25) is 0 Å². The van der Waals surface area contributed by atoms with E-state index < -0.39 is 17.5 Å². The van der Waals surface area contributed by atoms with Gasteiger partial charge in [-0.15, -0.1) is 0 Å². The minimum absolute atomic E-state index is 0.210. The summed E-state index contributed by atoms with van der Waals surface area (Å²) >= 11 is 5.80. The van der Waals surface area contributed by atoms with Crippen molar-refractivity contribution in [3.8, 4) is 5.69 Å². The smallest absolute Gasteiger partial charge is 0.160 e. The topological polar surface area (TPSA) is 42.7 Å². The fourth-order valence-electron chi connectivity index (χ4n) is 3.15. The number of hydrogen-bond acceptors (Lipinski definition) is 3. The van der Waals surface area contributed by atoms with Gasteiger partial charge < -0.3 is 5.32 Å². The van der Waals surface area contributed by atoms with Gasteiger partial charge in [-0.25, -0.2) is 23.1 Å². The highest BCUT2D eigenvalue weighted by Gasteiger charge is 2.19. The molecule has 0 atom stereocenters. The highest BCUT2D eigenvalue weighted by atomic mass is 35.5. The Morgan fingerprint density at radius 2 is 1.71 bits per heavy atom. The lowest BCUT2D eigenvalue weighted by Gasteiger charge is -2.10. The van der Waals surface area contributed by atoms with Gasteiger partial charge in [-0.2, -0.15) is 0 Å². The zero-order valence-electron chi connectivity index (χ0n) is 14.9. The van der Waals surface area contributed by atoms with Crippen molar-refractivity contribution in [1.82, 2.24) is 14.5 Å². The summed E-state index contributed by atoms with van der Waals surface area (Å²) in [5.74, 6) is -2.00. The molecule has 8 heteroatoms. The molecule has 142 valence electrons. The van der Waals surface area contributed by atoms with Crippen LogP contribution < -0.4 is 5.32 Å². The molecule has 0 spiro atoms. The van der Waals surface area contributed by atoms with Crippen LogP contribution in [0.5, 0.6) is 0 Å². The summed E-state index contributed by atoms with van der Waals surface area (Å²) in [6.07, 6.45) is 1.33. The number of halogens is 4. The van der Waals surface area contributed by atoms with E-state index in [9.17, 15) is 13.2 Å². The maximum Gasteiger partial charge on any atom is 0.160 e. The van der Waals surface area contributed by atoms with Crippen LogP contribution >= 0.6 is 11.6 Å². The zero-order chi connectivity index (χ0) is 20.0. The molecule has 4 rings (SSSR count). The van der Waals surface area contributed by atoms with E-state index in [1.807, 2.05) is 13.8 Å². The second kappa shape index (κ2) is 6.83. The van der Waals surface area contributed by atoms with Gasteiger partial charge in [-0.05, 0) is 49.7 Å². The molecule has 0 saturated heterocycles. The van der Waals surface area contributed by atoms with E-state index in [4.69, 9.17) is 11.6 Å². The molecule has 4 aromatic rings. The number of nitrogens with zero attached hydrogens (tertiary/aromatic N) is 3. The first kappa shape index (κ1) is 18.3. The van der Waals surface area contributed by atoms with Crippen molar-refractivity contribution >= 4 is 34.1 Å². The first-order chi connectivity index (χ1) is 13.4. The molecule has 1 N–H and O–H groups in total. The van der Waals surface area contributed by atoms with Gasteiger partial charge in [0.1, 0.15) is 18.0 Å². The molecule has 0 unspecified atom stereocenters. The minimum Gasteiger partial charge on any atom is -0.337 e. The number of benzene rings is 2. The molecule has 2 aromatic carbocycles. The summed E-state index contributed by atoms with van der Waals surface area (Å²) in [4.78, 5) is 8.55. The van der Waals surface area contributed by atoms with Crippen molar-refractivity contribution in [2.45, 2.75) is 13.8 Å². The Kier molecular flexibility index (Phi) is 4.47. The summed E-state index contributed by atoms with van der Waals surface area (Å²) in [5.41, 5.74) is 2.74. The average Bonchev–Trinajstić information content (AvgIpc) is 2.92. The number of anilines is 2. The second-order valence-electron chi connectivity index (χ2n) is 6.31. The average molecular weight is 403 g/mol. The summed E-state index contributed by atoms with van der Waals surface area (Å²) in [5, 5.41) is 3.90. The fourth-order valence-corrected chi connectivity index (χ4v) is 3.31. The number of aryl methyl sites for hydroxylation is 1. The maximum absolute atomic E-state index is 14.2. The van der Waals surface area contributed by atoms with Gasteiger partial charge in [0.15, 0.2) is 17.3 Å². The van der Waals surface area contributed by atoms with Crippen LogP contribution in [-0.4, -0.2) is 14.5 Å². The van der Waals surface area contributed by atoms with Gasteiger partial charge in [-0.1, -0.05) is 11.6 Å². The lowest BCUT2D eigenvalue weighted by atomic mass is 10.2. The Hall–Kier alpha value is -3.06. The fraction of sp³-hybridized carbons (Fsp3) is 0.100. The molecule has 2 heterocycles. The largest absolute Gasteiger partial charge is 0.337 e. The molecule has 0 aliphatic rings. The molecule has 0 saturated carbocycles. The molecule has 28 heavy (non-hydrogen) atoms. The van der Waals surface area contributed by atoms with Crippen molar-refractivity contribution in [1.29, 1.82) is 0 Å². The van der Waals surface area contributed by atoms with E-state index in [2.05, 4.69) is 15.3 Å². The SMILES string of the molecule is Cc1c(C)n(-c2ccc(F)c(F)c2)c2ncnc(Nc3ccc(Cl)cc3F)c12. The minimum atomic E-state index is -0.952. The molecule has 0 amide bonds. The molecular weight excluding hydrogens is 389 g/mol. The van der Waals surface area contributed by atoms with Gasteiger partial charge in [0.25, 0.3) is 0 Å². The molecule has 2 aromatic heterocycles. The van der Waals surface area contributed by atoms with E-state index in [-0.39, 0.29) is 10.7 Å². The summed E-state index contributed by atoms with van der Waals surface area (Å²) in [6.45, 7) is 3.70. The van der Waals surface area contributed by atoms with Crippen molar-refractivity contribution in [3.63, 3.8) is 0 Å². The van der Waals surface area contributed by atoms with Gasteiger partial charge in [0.05, 0.1) is 16.8 Å². The summed E-state index contributed by atoms with van der Waals surface area (Å²) in [7, 11) is 0. The number of hydrogen-bond donors (Lipinski definition) is 1.